The normalized spacial score (nSPS) is 18.4. The maximum absolute atomic E-state index is 11.9. The van der Waals surface area contributed by atoms with Crippen LogP contribution in [-0.4, -0.2) is 37.7 Å². The zero-order valence-electron chi connectivity index (χ0n) is 13.5. The molecular weight excluding hydrogens is 312 g/mol. The van der Waals surface area contributed by atoms with Crippen LogP contribution in [-0.2, 0) is 0 Å². The Kier molecular flexibility index (Phi) is 4.90. The van der Waals surface area contributed by atoms with Crippen molar-refractivity contribution >= 4 is 23.4 Å². The van der Waals surface area contributed by atoms with E-state index in [0.29, 0.717) is 6.04 Å². The third-order valence-electron chi connectivity index (χ3n) is 4.10. The van der Waals surface area contributed by atoms with E-state index in [2.05, 4.69) is 24.1 Å². The summed E-state index contributed by atoms with van der Waals surface area (Å²) in [6.07, 6.45) is 5.21. The van der Waals surface area contributed by atoms with E-state index in [-0.39, 0.29) is 11.6 Å². The zero-order chi connectivity index (χ0) is 16.2. The number of piperidine rings is 1. The number of aromatic nitrogens is 4. The van der Waals surface area contributed by atoms with E-state index in [9.17, 15) is 4.79 Å². The molecule has 1 unspecified atom stereocenters. The van der Waals surface area contributed by atoms with Crippen LogP contribution in [0.1, 0.15) is 39.2 Å². The fraction of sp³-hybridized carbons (Fsp3) is 0.600. The Balaban J connectivity index is 1.78. The third kappa shape index (κ3) is 3.69. The molecule has 3 heterocycles. The molecule has 1 aliphatic rings. The van der Waals surface area contributed by atoms with Gasteiger partial charge in [-0.05, 0) is 39.2 Å². The van der Waals surface area contributed by atoms with Gasteiger partial charge in [-0.15, -0.1) is 0 Å². The minimum Gasteiger partial charge on any atom is -0.366 e. The minimum atomic E-state index is -0.0519. The molecule has 3 rings (SSSR count). The van der Waals surface area contributed by atoms with Crippen LogP contribution in [0.4, 0.5) is 11.6 Å². The molecule has 2 aromatic heterocycles. The van der Waals surface area contributed by atoms with Gasteiger partial charge in [-0.2, -0.15) is 13.8 Å². The van der Waals surface area contributed by atoms with Crippen LogP contribution in [0.3, 0.4) is 0 Å². The van der Waals surface area contributed by atoms with Crippen molar-refractivity contribution in [1.29, 1.82) is 0 Å². The van der Waals surface area contributed by atoms with Gasteiger partial charge >= 0.3 is 0 Å². The van der Waals surface area contributed by atoms with E-state index < -0.39 is 0 Å². The fourth-order valence-electron chi connectivity index (χ4n) is 2.92. The Hall–Kier alpha value is -1.96. The van der Waals surface area contributed by atoms with Crippen molar-refractivity contribution in [3.63, 3.8) is 0 Å². The lowest BCUT2D eigenvalue weighted by molar-refractivity contribution is 0.451. The Morgan fingerprint density at radius 1 is 1.39 bits per heavy atom. The lowest BCUT2D eigenvalue weighted by Crippen LogP contribution is -2.45. The number of hydrogen-bond acceptors (Lipinski definition) is 7. The Bertz CT molecular complexity index is 684. The Morgan fingerprint density at radius 3 is 3.00 bits per heavy atom. The van der Waals surface area contributed by atoms with Crippen molar-refractivity contribution in [2.75, 3.05) is 23.3 Å². The largest absolute Gasteiger partial charge is 0.366 e. The van der Waals surface area contributed by atoms with Crippen LogP contribution < -0.4 is 15.8 Å². The second kappa shape index (κ2) is 7.08. The molecule has 0 saturated carbocycles. The molecule has 0 spiro atoms. The monoisotopic (exact) mass is 334 g/mol. The highest BCUT2D eigenvalue weighted by Crippen LogP contribution is 2.23. The van der Waals surface area contributed by atoms with Gasteiger partial charge in [0.15, 0.2) is 5.82 Å². The van der Waals surface area contributed by atoms with Crippen LogP contribution in [0.2, 0.25) is 0 Å². The first kappa shape index (κ1) is 15.9. The van der Waals surface area contributed by atoms with E-state index in [0.717, 1.165) is 37.6 Å². The predicted octanol–water partition coefficient (Wildman–Crippen LogP) is 2.15. The molecule has 0 aromatic carbocycles. The van der Waals surface area contributed by atoms with Gasteiger partial charge < -0.3 is 10.2 Å². The second-order valence-corrected chi connectivity index (χ2v) is 6.64. The van der Waals surface area contributed by atoms with Crippen LogP contribution >= 0.6 is 11.7 Å². The van der Waals surface area contributed by atoms with Crippen molar-refractivity contribution in [2.45, 2.75) is 45.2 Å². The molecule has 0 radical (unpaired) electrons. The van der Waals surface area contributed by atoms with E-state index in [1.165, 1.54) is 18.1 Å². The molecule has 7 nitrogen and oxygen atoms in total. The molecule has 1 N–H and O–H groups in total. The van der Waals surface area contributed by atoms with E-state index >= 15 is 0 Å². The van der Waals surface area contributed by atoms with Crippen molar-refractivity contribution in [2.24, 2.45) is 0 Å². The van der Waals surface area contributed by atoms with Gasteiger partial charge in [0.05, 0.1) is 24.0 Å². The predicted molar refractivity (Wildman–Crippen MR) is 92.3 cm³/mol. The van der Waals surface area contributed by atoms with E-state index in [4.69, 9.17) is 0 Å². The summed E-state index contributed by atoms with van der Waals surface area (Å²) in [5, 5.41) is 7.91. The highest BCUT2D eigenvalue weighted by Gasteiger charge is 2.24. The summed E-state index contributed by atoms with van der Waals surface area (Å²) in [7, 11) is 0. The number of rotatable bonds is 5. The van der Waals surface area contributed by atoms with Crippen LogP contribution in [0, 0.1) is 0 Å². The maximum Gasteiger partial charge on any atom is 0.267 e. The average Bonchev–Trinajstić information content (AvgIpc) is 3.07. The van der Waals surface area contributed by atoms with Gasteiger partial charge in [-0.25, -0.2) is 4.68 Å². The summed E-state index contributed by atoms with van der Waals surface area (Å²) < 4.78 is 9.75. The standard InChI is InChI=1S/C15H22N6OS/c1-11(2)21-15(22)7-6-14(18-21)20-8-4-3-5-12(20)9-16-13-10-17-23-19-13/h6-7,10-12H,3-5,8-9H2,1-2H3,(H,16,19). The van der Waals surface area contributed by atoms with Crippen molar-refractivity contribution < 1.29 is 0 Å². The summed E-state index contributed by atoms with van der Waals surface area (Å²) in [6.45, 7) is 5.71. The number of hydrogen-bond donors (Lipinski definition) is 1. The van der Waals surface area contributed by atoms with Crippen LogP contribution in [0.5, 0.6) is 0 Å². The average molecular weight is 334 g/mol. The van der Waals surface area contributed by atoms with Gasteiger partial charge in [-0.3, -0.25) is 4.79 Å². The summed E-state index contributed by atoms with van der Waals surface area (Å²) in [5.41, 5.74) is -0.0519. The molecule has 1 saturated heterocycles. The molecule has 0 bridgehead atoms. The van der Waals surface area contributed by atoms with Gasteiger partial charge in [0.2, 0.25) is 0 Å². The first-order valence-electron chi connectivity index (χ1n) is 8.03. The zero-order valence-corrected chi connectivity index (χ0v) is 14.3. The molecule has 1 fully saturated rings. The third-order valence-corrected chi connectivity index (χ3v) is 4.58. The van der Waals surface area contributed by atoms with Crippen molar-refractivity contribution in [3.8, 4) is 0 Å². The molecular formula is C15H22N6OS. The molecule has 0 amide bonds. The highest BCUT2D eigenvalue weighted by molar-refractivity contribution is 6.99. The Labute approximate surface area is 139 Å². The molecule has 0 aliphatic carbocycles. The Morgan fingerprint density at radius 2 is 2.26 bits per heavy atom. The fourth-order valence-corrected chi connectivity index (χ4v) is 3.31. The number of anilines is 2. The van der Waals surface area contributed by atoms with E-state index in [1.54, 1.807) is 16.9 Å². The molecule has 8 heteroatoms. The number of nitrogens with one attached hydrogen (secondary N) is 1. The summed E-state index contributed by atoms with van der Waals surface area (Å²) in [6, 6.07) is 3.86. The van der Waals surface area contributed by atoms with E-state index in [1.807, 2.05) is 19.9 Å². The summed E-state index contributed by atoms with van der Waals surface area (Å²) in [4.78, 5) is 14.2. The molecule has 23 heavy (non-hydrogen) atoms. The van der Waals surface area contributed by atoms with Crippen LogP contribution in [0.25, 0.3) is 0 Å². The SMILES string of the molecule is CC(C)n1nc(N2CCCCC2CNc2cnsn2)ccc1=O. The molecule has 1 aliphatic heterocycles. The molecule has 124 valence electrons. The van der Waals surface area contributed by atoms with Crippen LogP contribution in [0.15, 0.2) is 23.1 Å². The minimum absolute atomic E-state index is 0.0519. The van der Waals surface area contributed by atoms with Crippen molar-refractivity contribution in [3.05, 3.63) is 28.7 Å². The summed E-state index contributed by atoms with van der Waals surface area (Å²) in [5.74, 6) is 1.70. The smallest absolute Gasteiger partial charge is 0.267 e. The summed E-state index contributed by atoms with van der Waals surface area (Å²) >= 11 is 1.20. The highest BCUT2D eigenvalue weighted by atomic mass is 32.1. The lowest BCUT2D eigenvalue weighted by atomic mass is 10.0. The van der Waals surface area contributed by atoms with Gasteiger partial charge in [0.1, 0.15) is 5.82 Å². The first-order valence-corrected chi connectivity index (χ1v) is 8.76. The topological polar surface area (TPSA) is 75.9 Å². The van der Waals surface area contributed by atoms with Crippen molar-refractivity contribution in [1.82, 2.24) is 18.5 Å². The molecule has 1 atom stereocenters. The van der Waals surface area contributed by atoms with Gasteiger partial charge in [0, 0.05) is 25.2 Å². The lowest BCUT2D eigenvalue weighted by Gasteiger charge is -2.36. The molecule has 2 aromatic rings. The quantitative estimate of drug-likeness (QED) is 0.903. The van der Waals surface area contributed by atoms with Gasteiger partial charge in [0.25, 0.3) is 5.56 Å². The maximum atomic E-state index is 11.9. The van der Waals surface area contributed by atoms with Gasteiger partial charge in [-0.1, -0.05) is 0 Å². The first-order chi connectivity index (χ1) is 11.1. The number of nitrogens with zero attached hydrogens (tertiary/aromatic N) is 5. The second-order valence-electron chi connectivity index (χ2n) is 6.08.